The van der Waals surface area contributed by atoms with Crippen LogP contribution < -0.4 is 14.4 Å². The van der Waals surface area contributed by atoms with E-state index >= 15 is 0 Å². The summed E-state index contributed by atoms with van der Waals surface area (Å²) in [7, 11) is 7.06. The minimum absolute atomic E-state index is 0.146. The van der Waals surface area contributed by atoms with Crippen LogP contribution in [0.5, 0.6) is 11.5 Å². The van der Waals surface area contributed by atoms with Gasteiger partial charge in [-0.3, -0.25) is 0 Å². The molecular formula is C18H20N4O2. The Morgan fingerprint density at radius 2 is 1.88 bits per heavy atom. The van der Waals surface area contributed by atoms with Crippen molar-refractivity contribution in [2.45, 2.75) is 0 Å². The lowest BCUT2D eigenvalue weighted by molar-refractivity contribution is 0.403. The molecule has 124 valence electrons. The van der Waals surface area contributed by atoms with Crippen LogP contribution in [-0.4, -0.2) is 46.3 Å². The van der Waals surface area contributed by atoms with Crippen molar-refractivity contribution in [2.75, 3.05) is 46.3 Å². The minimum atomic E-state index is 0.146. The van der Waals surface area contributed by atoms with Gasteiger partial charge in [-0.1, -0.05) is 0 Å². The van der Waals surface area contributed by atoms with E-state index in [9.17, 15) is 10.5 Å². The van der Waals surface area contributed by atoms with Crippen LogP contribution in [0.4, 0.5) is 5.69 Å². The van der Waals surface area contributed by atoms with Crippen LogP contribution in [-0.2, 0) is 0 Å². The lowest BCUT2D eigenvalue weighted by Gasteiger charge is -2.21. The molecule has 2 rings (SSSR count). The SMILES string of the molecule is COc1ccc(OC)c(N2CC(=CN(C)C)C(=C(C#N)C#N)C2)c1. The quantitative estimate of drug-likeness (QED) is 0.791. The predicted molar refractivity (Wildman–Crippen MR) is 91.8 cm³/mol. The fourth-order valence-corrected chi connectivity index (χ4v) is 2.69. The highest BCUT2D eigenvalue weighted by molar-refractivity contribution is 5.68. The van der Waals surface area contributed by atoms with E-state index in [-0.39, 0.29) is 5.57 Å². The van der Waals surface area contributed by atoms with Crippen LogP contribution in [0, 0.1) is 22.7 Å². The molecule has 1 fully saturated rings. The van der Waals surface area contributed by atoms with Crippen molar-refractivity contribution in [3.8, 4) is 23.6 Å². The van der Waals surface area contributed by atoms with Crippen molar-refractivity contribution in [1.82, 2.24) is 4.90 Å². The second kappa shape index (κ2) is 7.43. The van der Waals surface area contributed by atoms with E-state index in [0.29, 0.717) is 13.1 Å². The van der Waals surface area contributed by atoms with Gasteiger partial charge in [0, 0.05) is 45.0 Å². The molecule has 0 spiro atoms. The number of benzene rings is 1. The smallest absolute Gasteiger partial charge is 0.142 e. The van der Waals surface area contributed by atoms with Crippen molar-refractivity contribution in [3.63, 3.8) is 0 Å². The fraction of sp³-hybridized carbons (Fsp3) is 0.333. The Hall–Kier alpha value is -3.12. The second-order valence-electron chi connectivity index (χ2n) is 5.59. The average Bonchev–Trinajstić information content (AvgIpc) is 2.98. The highest BCUT2D eigenvalue weighted by Crippen LogP contribution is 2.37. The normalized spacial score (nSPS) is 15.0. The molecule has 6 nitrogen and oxygen atoms in total. The van der Waals surface area contributed by atoms with Gasteiger partial charge in [0.15, 0.2) is 0 Å². The van der Waals surface area contributed by atoms with E-state index in [1.807, 2.05) is 55.5 Å². The fourth-order valence-electron chi connectivity index (χ4n) is 2.69. The molecule has 0 N–H and O–H groups in total. The summed E-state index contributed by atoms with van der Waals surface area (Å²) in [6, 6.07) is 9.57. The summed E-state index contributed by atoms with van der Waals surface area (Å²) in [4.78, 5) is 3.98. The van der Waals surface area contributed by atoms with Crippen LogP contribution in [0.15, 0.2) is 41.1 Å². The van der Waals surface area contributed by atoms with Gasteiger partial charge in [0.2, 0.25) is 0 Å². The minimum Gasteiger partial charge on any atom is -0.497 e. The van der Waals surface area contributed by atoms with Crippen LogP contribution in [0.2, 0.25) is 0 Å². The molecule has 0 aliphatic carbocycles. The lowest BCUT2D eigenvalue weighted by Crippen LogP contribution is -2.19. The highest BCUT2D eigenvalue weighted by atomic mass is 16.5. The maximum atomic E-state index is 9.24. The number of rotatable bonds is 4. The van der Waals surface area contributed by atoms with E-state index in [1.54, 1.807) is 14.2 Å². The molecular weight excluding hydrogens is 304 g/mol. The summed E-state index contributed by atoms with van der Waals surface area (Å²) in [5, 5.41) is 18.5. The number of nitriles is 2. The number of nitrogens with zero attached hydrogens (tertiary/aromatic N) is 4. The average molecular weight is 324 g/mol. The van der Waals surface area contributed by atoms with Crippen LogP contribution in [0.25, 0.3) is 0 Å². The van der Waals surface area contributed by atoms with Crippen molar-refractivity contribution in [2.24, 2.45) is 0 Å². The molecule has 0 saturated carbocycles. The predicted octanol–water partition coefficient (Wildman–Crippen LogP) is 2.31. The van der Waals surface area contributed by atoms with Crippen LogP contribution in [0.1, 0.15) is 0 Å². The zero-order valence-corrected chi connectivity index (χ0v) is 14.3. The highest BCUT2D eigenvalue weighted by Gasteiger charge is 2.27. The zero-order valence-electron chi connectivity index (χ0n) is 14.3. The van der Waals surface area contributed by atoms with E-state index in [2.05, 4.69) is 4.90 Å². The molecule has 0 unspecified atom stereocenters. The number of anilines is 1. The second-order valence-corrected chi connectivity index (χ2v) is 5.59. The van der Waals surface area contributed by atoms with Gasteiger partial charge in [0.05, 0.1) is 19.9 Å². The molecule has 1 aromatic rings. The molecule has 24 heavy (non-hydrogen) atoms. The first-order valence-electron chi connectivity index (χ1n) is 7.41. The van der Waals surface area contributed by atoms with Crippen molar-refractivity contribution < 1.29 is 9.47 Å². The number of allylic oxidation sites excluding steroid dienone is 1. The molecule has 0 atom stereocenters. The lowest BCUT2D eigenvalue weighted by atomic mass is 10.1. The summed E-state index contributed by atoms with van der Waals surface area (Å²) in [5.41, 5.74) is 2.71. The monoisotopic (exact) mass is 324 g/mol. The van der Waals surface area contributed by atoms with Gasteiger partial charge >= 0.3 is 0 Å². The number of methoxy groups -OCH3 is 2. The molecule has 0 bridgehead atoms. The van der Waals surface area contributed by atoms with E-state index in [0.717, 1.165) is 28.3 Å². The summed E-state index contributed by atoms with van der Waals surface area (Å²) in [5.74, 6) is 1.44. The number of hydrogen-bond donors (Lipinski definition) is 0. The largest absolute Gasteiger partial charge is 0.497 e. The maximum Gasteiger partial charge on any atom is 0.142 e. The zero-order chi connectivity index (χ0) is 17.7. The van der Waals surface area contributed by atoms with E-state index < -0.39 is 0 Å². The van der Waals surface area contributed by atoms with Crippen molar-refractivity contribution >= 4 is 5.69 Å². The molecule has 1 saturated heterocycles. The summed E-state index contributed by atoms with van der Waals surface area (Å²) in [6.45, 7) is 1.06. The van der Waals surface area contributed by atoms with Gasteiger partial charge in [-0.15, -0.1) is 0 Å². The third-order valence-electron chi connectivity index (χ3n) is 3.76. The summed E-state index contributed by atoms with van der Waals surface area (Å²) in [6.07, 6.45) is 1.94. The summed E-state index contributed by atoms with van der Waals surface area (Å²) >= 11 is 0. The van der Waals surface area contributed by atoms with Gasteiger partial charge in [-0.05, 0) is 17.7 Å². The molecule has 0 radical (unpaired) electrons. The molecule has 0 amide bonds. The Bertz CT molecular complexity index is 750. The van der Waals surface area contributed by atoms with Gasteiger partial charge in [0.1, 0.15) is 29.2 Å². The van der Waals surface area contributed by atoms with Crippen molar-refractivity contribution in [3.05, 3.63) is 41.1 Å². The molecule has 1 heterocycles. The number of hydrogen-bond acceptors (Lipinski definition) is 6. The van der Waals surface area contributed by atoms with Crippen molar-refractivity contribution in [1.29, 1.82) is 10.5 Å². The topological polar surface area (TPSA) is 72.5 Å². The van der Waals surface area contributed by atoms with Gasteiger partial charge in [-0.2, -0.15) is 10.5 Å². The molecule has 6 heteroatoms. The van der Waals surface area contributed by atoms with Gasteiger partial charge in [-0.25, -0.2) is 0 Å². The third-order valence-corrected chi connectivity index (χ3v) is 3.76. The molecule has 1 aliphatic heterocycles. The Balaban J connectivity index is 2.51. The summed E-state index contributed by atoms with van der Waals surface area (Å²) < 4.78 is 10.7. The Kier molecular flexibility index (Phi) is 5.34. The molecule has 1 aromatic carbocycles. The Morgan fingerprint density at radius 3 is 2.42 bits per heavy atom. The first-order chi connectivity index (χ1) is 11.5. The van der Waals surface area contributed by atoms with Crippen LogP contribution >= 0.6 is 0 Å². The van der Waals surface area contributed by atoms with E-state index in [4.69, 9.17) is 9.47 Å². The molecule has 0 aromatic heterocycles. The maximum absolute atomic E-state index is 9.24. The Labute approximate surface area is 142 Å². The van der Waals surface area contributed by atoms with E-state index in [1.165, 1.54) is 0 Å². The third kappa shape index (κ3) is 3.44. The first kappa shape index (κ1) is 17.2. The van der Waals surface area contributed by atoms with Gasteiger partial charge in [0.25, 0.3) is 0 Å². The molecule has 1 aliphatic rings. The Morgan fingerprint density at radius 1 is 1.17 bits per heavy atom. The standard InChI is InChI=1S/C18H20N4O2/c1-21(2)10-14-11-22(12-16(14)13(8-19)9-20)17-7-15(23-3)5-6-18(17)24-4/h5-7,10H,11-12H2,1-4H3. The van der Waals surface area contributed by atoms with Crippen LogP contribution in [0.3, 0.4) is 0 Å². The van der Waals surface area contributed by atoms with Gasteiger partial charge < -0.3 is 19.3 Å². The number of ether oxygens (including phenoxy) is 2. The first-order valence-corrected chi connectivity index (χ1v) is 7.41.